The molecule has 0 N–H and O–H groups in total. The van der Waals surface area contributed by atoms with Gasteiger partial charge in [-0.2, -0.15) is 4.89 Å². The molecule has 1 aromatic carbocycles. The third-order valence-corrected chi connectivity index (χ3v) is 3.89. The van der Waals surface area contributed by atoms with E-state index in [1.54, 1.807) is 0 Å². The van der Waals surface area contributed by atoms with Crippen LogP contribution in [0.2, 0.25) is 0 Å². The Kier molecular flexibility index (Phi) is 3.07. The number of ether oxygens (including phenoxy) is 1. The van der Waals surface area contributed by atoms with Gasteiger partial charge >= 0.3 is 5.97 Å². The van der Waals surface area contributed by atoms with E-state index in [-0.39, 0.29) is 12.4 Å². The number of aryl methyl sites for hydroxylation is 1. The molecule has 1 aromatic rings. The summed E-state index contributed by atoms with van der Waals surface area (Å²) < 4.78 is 5.91. The molecule has 4 nitrogen and oxygen atoms in total. The third-order valence-electron chi connectivity index (χ3n) is 3.89. The summed E-state index contributed by atoms with van der Waals surface area (Å²) in [5.74, 6) is -0.337. The fourth-order valence-corrected chi connectivity index (χ4v) is 2.96. The van der Waals surface area contributed by atoms with E-state index in [4.69, 9.17) is 14.5 Å². The first-order valence-electron chi connectivity index (χ1n) is 6.66. The number of benzene rings is 1. The van der Waals surface area contributed by atoms with Gasteiger partial charge in [-0.3, -0.25) is 4.89 Å². The van der Waals surface area contributed by atoms with E-state index in [1.807, 2.05) is 25.1 Å². The van der Waals surface area contributed by atoms with Crippen LogP contribution >= 0.6 is 0 Å². The molecule has 0 amide bonds. The predicted octanol–water partition coefficient (Wildman–Crippen LogP) is 2.42. The molecule has 2 fully saturated rings. The zero-order valence-electron chi connectivity index (χ0n) is 11.1. The van der Waals surface area contributed by atoms with Gasteiger partial charge in [0.25, 0.3) is 0 Å². The van der Waals surface area contributed by atoms with Gasteiger partial charge in [-0.15, -0.1) is 0 Å². The number of rotatable bonds is 3. The summed E-state index contributed by atoms with van der Waals surface area (Å²) in [7, 11) is 0. The highest BCUT2D eigenvalue weighted by molar-refractivity contribution is 5.70. The number of carbonyl (C=O) groups is 1. The molecule has 0 radical (unpaired) electrons. The summed E-state index contributed by atoms with van der Waals surface area (Å²) in [6, 6.07) is 10.2. The SMILES string of the molecule is C[C@@]12CO[C@@](CCc3ccccc3)(CC(=O)OO1)C2. The Morgan fingerprint density at radius 3 is 2.84 bits per heavy atom. The fourth-order valence-electron chi connectivity index (χ4n) is 2.96. The second kappa shape index (κ2) is 4.62. The van der Waals surface area contributed by atoms with Crippen LogP contribution in [0.1, 0.15) is 31.7 Å². The Labute approximate surface area is 112 Å². The molecule has 2 saturated heterocycles. The second-order valence-electron chi connectivity index (χ2n) is 5.80. The van der Waals surface area contributed by atoms with Crippen molar-refractivity contribution in [1.82, 2.24) is 0 Å². The van der Waals surface area contributed by atoms with Crippen LogP contribution in [0.3, 0.4) is 0 Å². The number of hydrogen-bond acceptors (Lipinski definition) is 4. The summed E-state index contributed by atoms with van der Waals surface area (Å²) in [6.07, 6.45) is 2.68. The van der Waals surface area contributed by atoms with Gasteiger partial charge in [0.05, 0.1) is 18.6 Å². The minimum Gasteiger partial charge on any atom is -0.371 e. The van der Waals surface area contributed by atoms with Gasteiger partial charge in [0.1, 0.15) is 5.60 Å². The molecule has 0 unspecified atom stereocenters. The molecular formula is C15H18O4. The summed E-state index contributed by atoms with van der Waals surface area (Å²) in [5.41, 5.74) is 0.328. The largest absolute Gasteiger partial charge is 0.371 e. The molecule has 0 aromatic heterocycles. The van der Waals surface area contributed by atoms with E-state index >= 15 is 0 Å². The van der Waals surface area contributed by atoms with Crippen molar-refractivity contribution < 1.29 is 19.3 Å². The van der Waals surface area contributed by atoms with Crippen molar-refractivity contribution in [2.45, 2.75) is 43.8 Å². The number of carbonyl (C=O) groups excluding carboxylic acids is 1. The molecule has 0 saturated carbocycles. The van der Waals surface area contributed by atoms with Crippen LogP contribution in [0.25, 0.3) is 0 Å². The lowest BCUT2D eigenvalue weighted by Gasteiger charge is -2.25. The molecule has 2 heterocycles. The van der Waals surface area contributed by atoms with Gasteiger partial charge in [-0.25, -0.2) is 4.79 Å². The highest BCUT2D eigenvalue weighted by Gasteiger charge is 2.52. The van der Waals surface area contributed by atoms with Gasteiger partial charge in [0, 0.05) is 6.42 Å². The van der Waals surface area contributed by atoms with Crippen molar-refractivity contribution in [2.75, 3.05) is 6.61 Å². The molecule has 0 aliphatic carbocycles. The molecular weight excluding hydrogens is 244 g/mol. The quantitative estimate of drug-likeness (QED) is 0.785. The monoisotopic (exact) mass is 262 g/mol. The van der Waals surface area contributed by atoms with E-state index in [0.29, 0.717) is 13.0 Å². The zero-order valence-corrected chi connectivity index (χ0v) is 11.1. The molecule has 2 aliphatic heterocycles. The minimum absolute atomic E-state index is 0.273. The first-order valence-corrected chi connectivity index (χ1v) is 6.66. The average Bonchev–Trinajstić information content (AvgIpc) is 2.67. The maximum Gasteiger partial charge on any atom is 0.345 e. The van der Waals surface area contributed by atoms with Crippen LogP contribution in [0.15, 0.2) is 30.3 Å². The van der Waals surface area contributed by atoms with E-state index < -0.39 is 11.2 Å². The maximum absolute atomic E-state index is 11.6. The lowest BCUT2D eigenvalue weighted by atomic mass is 9.85. The average molecular weight is 262 g/mol. The first-order chi connectivity index (χ1) is 9.09. The highest BCUT2D eigenvalue weighted by atomic mass is 17.2. The van der Waals surface area contributed by atoms with Crippen LogP contribution in [-0.4, -0.2) is 23.8 Å². The van der Waals surface area contributed by atoms with Crippen molar-refractivity contribution >= 4 is 5.97 Å². The van der Waals surface area contributed by atoms with Crippen molar-refractivity contribution in [3.8, 4) is 0 Å². The summed E-state index contributed by atoms with van der Waals surface area (Å²) >= 11 is 0. The highest BCUT2D eigenvalue weighted by Crippen LogP contribution is 2.43. The van der Waals surface area contributed by atoms with Gasteiger partial charge in [0.2, 0.25) is 0 Å². The van der Waals surface area contributed by atoms with Crippen molar-refractivity contribution in [3.63, 3.8) is 0 Å². The molecule has 3 rings (SSSR count). The standard InChI is InChI=1S/C15H18O4/c1-14-10-15(17-11-14,9-13(16)18-19-14)8-7-12-5-3-2-4-6-12/h2-6H,7-11H2,1H3/t14-,15+/m1/s1. The number of hydrogen-bond donors (Lipinski definition) is 0. The van der Waals surface area contributed by atoms with Gasteiger partial charge in [-0.05, 0) is 25.3 Å². The lowest BCUT2D eigenvalue weighted by molar-refractivity contribution is -0.327. The normalized spacial score (nSPS) is 33.8. The molecule has 102 valence electrons. The molecule has 19 heavy (non-hydrogen) atoms. The Morgan fingerprint density at radius 1 is 1.26 bits per heavy atom. The summed E-state index contributed by atoms with van der Waals surface area (Å²) in [4.78, 5) is 21.6. The van der Waals surface area contributed by atoms with Gasteiger partial charge in [0.15, 0.2) is 0 Å². The zero-order chi connectivity index (χ0) is 13.3. The summed E-state index contributed by atoms with van der Waals surface area (Å²) in [5, 5.41) is 0. The summed E-state index contributed by atoms with van der Waals surface area (Å²) in [6.45, 7) is 2.41. The first kappa shape index (κ1) is 12.6. The molecule has 4 heteroatoms. The van der Waals surface area contributed by atoms with Gasteiger partial charge in [-0.1, -0.05) is 30.3 Å². The topological polar surface area (TPSA) is 44.8 Å². The Balaban J connectivity index is 1.73. The van der Waals surface area contributed by atoms with Gasteiger partial charge < -0.3 is 4.74 Å². The second-order valence-corrected chi connectivity index (χ2v) is 5.80. The van der Waals surface area contributed by atoms with E-state index in [0.717, 1.165) is 12.8 Å². The number of fused-ring (bicyclic) bond motifs is 2. The molecule has 2 bridgehead atoms. The third kappa shape index (κ3) is 2.65. The van der Waals surface area contributed by atoms with Crippen LogP contribution in [0, 0.1) is 0 Å². The van der Waals surface area contributed by atoms with Crippen LogP contribution < -0.4 is 0 Å². The van der Waals surface area contributed by atoms with E-state index in [9.17, 15) is 4.79 Å². The van der Waals surface area contributed by atoms with Crippen LogP contribution in [-0.2, 0) is 25.7 Å². The van der Waals surface area contributed by atoms with Crippen LogP contribution in [0.4, 0.5) is 0 Å². The van der Waals surface area contributed by atoms with E-state index in [2.05, 4.69) is 12.1 Å². The Hall–Kier alpha value is -1.39. The molecule has 2 aliphatic rings. The van der Waals surface area contributed by atoms with E-state index in [1.165, 1.54) is 5.56 Å². The van der Waals surface area contributed by atoms with Crippen molar-refractivity contribution in [3.05, 3.63) is 35.9 Å². The Morgan fingerprint density at radius 2 is 2.05 bits per heavy atom. The van der Waals surface area contributed by atoms with Crippen LogP contribution in [0.5, 0.6) is 0 Å². The Bertz CT molecular complexity index is 472. The fraction of sp³-hybridized carbons (Fsp3) is 0.533. The van der Waals surface area contributed by atoms with Crippen molar-refractivity contribution in [2.24, 2.45) is 0 Å². The minimum atomic E-state index is -0.497. The smallest absolute Gasteiger partial charge is 0.345 e. The maximum atomic E-state index is 11.6. The molecule has 2 atom stereocenters. The predicted molar refractivity (Wildman–Crippen MR) is 68.3 cm³/mol. The lowest BCUT2D eigenvalue weighted by Crippen LogP contribution is -2.31. The van der Waals surface area contributed by atoms with Crippen molar-refractivity contribution in [1.29, 1.82) is 0 Å². The molecule has 0 spiro atoms.